The number of hydrogen-bond acceptors (Lipinski definition) is 6. The molecule has 0 radical (unpaired) electrons. The third-order valence-electron chi connectivity index (χ3n) is 3.08. The molecule has 2 aromatic rings. The highest BCUT2D eigenvalue weighted by atomic mass is 16.6. The van der Waals surface area contributed by atoms with E-state index in [1.807, 2.05) is 0 Å². The molecule has 0 aliphatic carbocycles. The van der Waals surface area contributed by atoms with Crippen molar-refractivity contribution >= 4 is 23.3 Å². The second-order valence-corrected chi connectivity index (χ2v) is 4.75. The number of ether oxygens (including phenoxy) is 1. The summed E-state index contributed by atoms with van der Waals surface area (Å²) in [6, 6.07) is 11.7. The first-order valence-electron chi connectivity index (χ1n) is 6.91. The lowest BCUT2D eigenvalue weighted by Gasteiger charge is -2.07. The zero-order valence-corrected chi connectivity index (χ0v) is 12.5. The molecule has 2 rings (SSSR count). The topological polar surface area (TPSA) is 119 Å². The Labute approximate surface area is 136 Å². The number of carbonyl (C=O) groups excluding carboxylic acids is 2. The maximum atomic E-state index is 11.8. The van der Waals surface area contributed by atoms with E-state index in [-0.39, 0.29) is 23.5 Å². The molecule has 8 heteroatoms. The van der Waals surface area contributed by atoms with Gasteiger partial charge >= 0.3 is 5.97 Å². The lowest BCUT2D eigenvalue weighted by Crippen LogP contribution is -2.21. The first kappa shape index (κ1) is 17.1. The van der Waals surface area contributed by atoms with Crippen LogP contribution >= 0.6 is 0 Å². The van der Waals surface area contributed by atoms with Crippen molar-refractivity contribution in [2.45, 2.75) is 6.61 Å². The van der Waals surface area contributed by atoms with Gasteiger partial charge in [0.1, 0.15) is 5.69 Å². The smallest absolute Gasteiger partial charge is 0.338 e. The van der Waals surface area contributed by atoms with Gasteiger partial charge in [0.05, 0.1) is 17.1 Å². The summed E-state index contributed by atoms with van der Waals surface area (Å²) in [7, 11) is 0. The van der Waals surface area contributed by atoms with Crippen LogP contribution in [0.2, 0.25) is 0 Å². The van der Waals surface area contributed by atoms with Gasteiger partial charge in [-0.05, 0) is 23.8 Å². The minimum Gasteiger partial charge on any atom is -0.452 e. The van der Waals surface area contributed by atoms with E-state index in [1.54, 1.807) is 12.1 Å². The van der Waals surface area contributed by atoms with Gasteiger partial charge in [0.15, 0.2) is 6.61 Å². The second-order valence-electron chi connectivity index (χ2n) is 4.75. The number of aliphatic hydroxyl groups is 1. The van der Waals surface area contributed by atoms with Gasteiger partial charge in [-0.15, -0.1) is 0 Å². The molecule has 24 heavy (non-hydrogen) atoms. The molecule has 0 fully saturated rings. The maximum Gasteiger partial charge on any atom is 0.338 e. The number of amides is 1. The maximum absolute atomic E-state index is 11.8. The Bertz CT molecular complexity index is 757. The summed E-state index contributed by atoms with van der Waals surface area (Å²) in [6.07, 6.45) is 0. The number of hydrogen-bond donors (Lipinski definition) is 2. The molecule has 0 aliphatic rings. The number of esters is 1. The molecule has 124 valence electrons. The van der Waals surface area contributed by atoms with Gasteiger partial charge in [-0.3, -0.25) is 14.9 Å². The Hall–Kier alpha value is -3.26. The molecule has 0 spiro atoms. The number of nitro benzene ring substituents is 1. The van der Waals surface area contributed by atoms with E-state index in [0.29, 0.717) is 5.56 Å². The van der Waals surface area contributed by atoms with Gasteiger partial charge in [0, 0.05) is 6.07 Å². The fraction of sp³-hybridized carbons (Fsp3) is 0.125. The molecule has 0 saturated heterocycles. The van der Waals surface area contributed by atoms with Gasteiger partial charge in [-0.1, -0.05) is 24.3 Å². The van der Waals surface area contributed by atoms with Gasteiger partial charge in [-0.25, -0.2) is 4.79 Å². The number of rotatable bonds is 6. The van der Waals surface area contributed by atoms with Crippen LogP contribution in [0.1, 0.15) is 15.9 Å². The molecule has 0 unspecified atom stereocenters. The summed E-state index contributed by atoms with van der Waals surface area (Å²) in [5.41, 5.74) is 0.638. The van der Waals surface area contributed by atoms with Crippen molar-refractivity contribution in [3.8, 4) is 0 Å². The zero-order chi connectivity index (χ0) is 17.5. The molecular formula is C16H14N2O6. The number of anilines is 1. The average molecular weight is 330 g/mol. The Morgan fingerprint density at radius 3 is 2.42 bits per heavy atom. The number of carbonyl (C=O) groups is 2. The van der Waals surface area contributed by atoms with Gasteiger partial charge in [0.25, 0.3) is 11.6 Å². The van der Waals surface area contributed by atoms with Crippen LogP contribution in [-0.2, 0) is 16.1 Å². The van der Waals surface area contributed by atoms with Crippen molar-refractivity contribution in [3.63, 3.8) is 0 Å². The molecule has 8 nitrogen and oxygen atoms in total. The lowest BCUT2D eigenvalue weighted by molar-refractivity contribution is -0.383. The molecule has 0 saturated carbocycles. The zero-order valence-electron chi connectivity index (χ0n) is 12.5. The highest BCUT2D eigenvalue weighted by Gasteiger charge is 2.16. The van der Waals surface area contributed by atoms with E-state index in [9.17, 15) is 19.7 Å². The van der Waals surface area contributed by atoms with Gasteiger partial charge < -0.3 is 15.2 Å². The minimum atomic E-state index is -0.711. The average Bonchev–Trinajstić information content (AvgIpc) is 2.60. The van der Waals surface area contributed by atoms with Crippen molar-refractivity contribution in [3.05, 3.63) is 69.8 Å². The van der Waals surface area contributed by atoms with Crippen LogP contribution in [0.15, 0.2) is 48.5 Å². The number of nitrogens with zero attached hydrogens (tertiary/aromatic N) is 1. The molecule has 0 bridgehead atoms. The predicted molar refractivity (Wildman–Crippen MR) is 84.4 cm³/mol. The van der Waals surface area contributed by atoms with Crippen LogP contribution in [0.5, 0.6) is 0 Å². The molecule has 1 amide bonds. The SMILES string of the molecule is O=C(COC(=O)c1ccc(CO)cc1)Nc1ccccc1[N+](=O)[O-]. The highest BCUT2D eigenvalue weighted by Crippen LogP contribution is 2.22. The van der Waals surface area contributed by atoms with Crippen molar-refractivity contribution in [1.82, 2.24) is 0 Å². The van der Waals surface area contributed by atoms with Crippen LogP contribution < -0.4 is 5.32 Å². The number of nitro groups is 1. The van der Waals surface area contributed by atoms with E-state index in [0.717, 1.165) is 0 Å². The van der Waals surface area contributed by atoms with Crippen LogP contribution in [0, 0.1) is 10.1 Å². The molecule has 2 aromatic carbocycles. The Morgan fingerprint density at radius 2 is 1.79 bits per heavy atom. The summed E-state index contributed by atoms with van der Waals surface area (Å²) in [4.78, 5) is 33.8. The molecule has 0 aromatic heterocycles. The monoisotopic (exact) mass is 330 g/mol. The normalized spacial score (nSPS) is 10.0. The third kappa shape index (κ3) is 4.37. The molecule has 0 aliphatic heterocycles. The molecule has 0 atom stereocenters. The van der Waals surface area contributed by atoms with Crippen molar-refractivity contribution < 1.29 is 24.4 Å². The number of nitrogens with one attached hydrogen (secondary N) is 1. The first-order chi connectivity index (χ1) is 11.5. The summed E-state index contributed by atoms with van der Waals surface area (Å²) in [5, 5.41) is 22.1. The van der Waals surface area contributed by atoms with Crippen molar-refractivity contribution in [1.29, 1.82) is 0 Å². The van der Waals surface area contributed by atoms with Crippen molar-refractivity contribution in [2.24, 2.45) is 0 Å². The fourth-order valence-corrected chi connectivity index (χ4v) is 1.89. The quantitative estimate of drug-likeness (QED) is 0.474. The van der Waals surface area contributed by atoms with E-state index >= 15 is 0 Å². The number of benzene rings is 2. The molecular weight excluding hydrogens is 316 g/mol. The number of aliphatic hydroxyl groups excluding tert-OH is 1. The summed E-state index contributed by atoms with van der Waals surface area (Å²) >= 11 is 0. The second kappa shape index (κ2) is 7.84. The minimum absolute atomic E-state index is 0.0239. The van der Waals surface area contributed by atoms with Gasteiger partial charge in [0.2, 0.25) is 0 Å². The Kier molecular flexibility index (Phi) is 5.58. The highest BCUT2D eigenvalue weighted by molar-refractivity contribution is 5.96. The van der Waals surface area contributed by atoms with E-state index in [2.05, 4.69) is 5.32 Å². The molecule has 0 heterocycles. The summed E-state index contributed by atoms with van der Waals surface area (Å²) < 4.78 is 4.85. The van der Waals surface area contributed by atoms with Crippen LogP contribution in [0.4, 0.5) is 11.4 Å². The Morgan fingerprint density at radius 1 is 1.12 bits per heavy atom. The van der Waals surface area contributed by atoms with Crippen molar-refractivity contribution in [2.75, 3.05) is 11.9 Å². The fourth-order valence-electron chi connectivity index (χ4n) is 1.89. The van der Waals surface area contributed by atoms with Gasteiger partial charge in [-0.2, -0.15) is 0 Å². The molecule has 2 N–H and O–H groups in total. The first-order valence-corrected chi connectivity index (χ1v) is 6.91. The summed E-state index contributed by atoms with van der Waals surface area (Å²) in [6.45, 7) is -0.722. The lowest BCUT2D eigenvalue weighted by atomic mass is 10.1. The third-order valence-corrected chi connectivity index (χ3v) is 3.08. The van der Waals surface area contributed by atoms with Crippen LogP contribution in [-0.4, -0.2) is 28.5 Å². The predicted octanol–water partition coefficient (Wildman–Crippen LogP) is 1.88. The van der Waals surface area contributed by atoms with Crippen LogP contribution in [0.3, 0.4) is 0 Å². The largest absolute Gasteiger partial charge is 0.452 e. The van der Waals surface area contributed by atoms with Crippen LogP contribution in [0.25, 0.3) is 0 Å². The summed E-state index contributed by atoms with van der Waals surface area (Å²) in [5.74, 6) is -1.40. The van der Waals surface area contributed by atoms with E-state index < -0.39 is 23.4 Å². The Balaban J connectivity index is 1.93. The van der Waals surface area contributed by atoms with E-state index in [4.69, 9.17) is 9.84 Å². The van der Waals surface area contributed by atoms with E-state index in [1.165, 1.54) is 36.4 Å². The number of para-hydroxylation sites is 2. The standard InChI is InChI=1S/C16H14N2O6/c19-9-11-5-7-12(8-6-11)16(21)24-10-15(20)17-13-3-1-2-4-14(13)18(22)23/h1-8,19H,9-10H2,(H,17,20).